The fourth-order valence-electron chi connectivity index (χ4n) is 2.63. The van der Waals surface area contributed by atoms with Crippen LogP contribution in [-0.4, -0.2) is 31.0 Å². The number of hydrogen-bond donors (Lipinski definition) is 1. The third kappa shape index (κ3) is 3.57. The minimum atomic E-state index is -0.231. The normalized spacial score (nSPS) is 19.9. The maximum absolute atomic E-state index is 11.3. The number of carbonyl (C=O) groups excluding carboxylic acids is 1. The Morgan fingerprint density at radius 3 is 2.90 bits per heavy atom. The number of amides is 1. The van der Waals surface area contributed by atoms with Gasteiger partial charge in [-0.1, -0.05) is 23.2 Å². The van der Waals surface area contributed by atoms with Crippen LogP contribution in [0.5, 0.6) is 5.75 Å². The molecule has 1 aliphatic heterocycles. The number of primary amides is 1. The Hall–Kier alpha value is -0.970. The first-order valence-corrected chi connectivity index (χ1v) is 7.30. The van der Waals surface area contributed by atoms with E-state index in [-0.39, 0.29) is 11.8 Å². The Bertz CT molecular complexity index is 508. The van der Waals surface area contributed by atoms with E-state index in [2.05, 4.69) is 4.90 Å². The highest BCUT2D eigenvalue weighted by atomic mass is 35.5. The Balaban J connectivity index is 2.15. The summed E-state index contributed by atoms with van der Waals surface area (Å²) in [4.78, 5) is 13.5. The number of methoxy groups -OCH3 is 1. The number of piperidine rings is 1. The number of benzene rings is 1. The van der Waals surface area contributed by atoms with Gasteiger partial charge < -0.3 is 10.5 Å². The molecule has 1 aromatic rings. The Labute approximate surface area is 128 Å². The Morgan fingerprint density at radius 1 is 1.50 bits per heavy atom. The Kier molecular flexibility index (Phi) is 5.13. The van der Waals surface area contributed by atoms with Crippen LogP contribution in [0.3, 0.4) is 0 Å². The summed E-state index contributed by atoms with van der Waals surface area (Å²) in [6.45, 7) is 2.24. The van der Waals surface area contributed by atoms with E-state index in [1.54, 1.807) is 13.2 Å². The molecule has 1 aromatic carbocycles. The second-order valence-electron chi connectivity index (χ2n) is 5.06. The molecule has 0 aliphatic carbocycles. The predicted molar refractivity (Wildman–Crippen MR) is 80.2 cm³/mol. The van der Waals surface area contributed by atoms with Gasteiger partial charge >= 0.3 is 0 Å². The van der Waals surface area contributed by atoms with Crippen LogP contribution in [0.4, 0.5) is 0 Å². The van der Waals surface area contributed by atoms with Crippen molar-refractivity contribution in [3.8, 4) is 5.75 Å². The summed E-state index contributed by atoms with van der Waals surface area (Å²) in [6.07, 6.45) is 1.82. The number of nitrogens with zero attached hydrogens (tertiary/aromatic N) is 1. The van der Waals surface area contributed by atoms with E-state index >= 15 is 0 Å². The zero-order chi connectivity index (χ0) is 14.7. The zero-order valence-electron chi connectivity index (χ0n) is 11.4. The zero-order valence-corrected chi connectivity index (χ0v) is 12.9. The standard InChI is InChI=1S/C14H18Cl2N2O2/c1-20-13-10(5-11(15)6-12(13)16)8-18-4-2-3-9(7-18)14(17)19/h5-6,9H,2-4,7-8H2,1H3,(H2,17,19)/t9-/m0/s1. The average molecular weight is 317 g/mol. The molecule has 1 atom stereocenters. The summed E-state index contributed by atoms with van der Waals surface area (Å²) in [6, 6.07) is 3.51. The summed E-state index contributed by atoms with van der Waals surface area (Å²) < 4.78 is 5.34. The van der Waals surface area contributed by atoms with Gasteiger partial charge in [0.1, 0.15) is 5.75 Å². The molecule has 0 bridgehead atoms. The summed E-state index contributed by atoms with van der Waals surface area (Å²) in [5.74, 6) is 0.326. The van der Waals surface area contributed by atoms with Crippen LogP contribution in [0, 0.1) is 5.92 Å². The molecule has 110 valence electrons. The molecule has 1 amide bonds. The first-order chi connectivity index (χ1) is 9.51. The number of hydrogen-bond acceptors (Lipinski definition) is 3. The molecule has 2 N–H and O–H groups in total. The van der Waals surface area contributed by atoms with Crippen molar-refractivity contribution in [3.05, 3.63) is 27.7 Å². The van der Waals surface area contributed by atoms with E-state index in [0.717, 1.165) is 24.9 Å². The molecule has 1 fully saturated rings. The third-order valence-corrected chi connectivity index (χ3v) is 4.09. The van der Waals surface area contributed by atoms with Gasteiger partial charge in [-0.15, -0.1) is 0 Å². The minimum Gasteiger partial charge on any atom is -0.495 e. The van der Waals surface area contributed by atoms with E-state index in [9.17, 15) is 4.79 Å². The monoisotopic (exact) mass is 316 g/mol. The molecule has 6 heteroatoms. The molecular formula is C14H18Cl2N2O2. The lowest BCUT2D eigenvalue weighted by molar-refractivity contribution is -0.123. The minimum absolute atomic E-state index is 0.0793. The van der Waals surface area contributed by atoms with Gasteiger partial charge in [-0.25, -0.2) is 0 Å². The Morgan fingerprint density at radius 2 is 2.25 bits per heavy atom. The van der Waals surface area contributed by atoms with Crippen molar-refractivity contribution in [1.82, 2.24) is 4.90 Å². The molecule has 0 aromatic heterocycles. The van der Waals surface area contributed by atoms with Crippen molar-refractivity contribution in [1.29, 1.82) is 0 Å². The fraction of sp³-hybridized carbons (Fsp3) is 0.500. The summed E-state index contributed by atoms with van der Waals surface area (Å²) in [5, 5.41) is 1.08. The molecule has 1 saturated heterocycles. The highest BCUT2D eigenvalue weighted by Crippen LogP contribution is 2.33. The van der Waals surface area contributed by atoms with Crippen molar-refractivity contribution in [2.45, 2.75) is 19.4 Å². The van der Waals surface area contributed by atoms with Crippen molar-refractivity contribution >= 4 is 29.1 Å². The highest BCUT2D eigenvalue weighted by Gasteiger charge is 2.25. The van der Waals surface area contributed by atoms with Crippen LogP contribution >= 0.6 is 23.2 Å². The number of likely N-dealkylation sites (tertiary alicyclic amines) is 1. The van der Waals surface area contributed by atoms with Crippen LogP contribution in [-0.2, 0) is 11.3 Å². The molecule has 1 heterocycles. The maximum atomic E-state index is 11.3. The molecule has 0 spiro atoms. The second-order valence-corrected chi connectivity index (χ2v) is 5.90. The van der Waals surface area contributed by atoms with Crippen LogP contribution < -0.4 is 10.5 Å². The van der Waals surface area contributed by atoms with Gasteiger partial charge in [0, 0.05) is 23.7 Å². The van der Waals surface area contributed by atoms with Crippen LogP contribution in [0.2, 0.25) is 10.0 Å². The van der Waals surface area contributed by atoms with Crippen LogP contribution in [0.1, 0.15) is 18.4 Å². The van der Waals surface area contributed by atoms with E-state index in [4.69, 9.17) is 33.7 Å². The predicted octanol–water partition coefficient (Wildman–Crippen LogP) is 2.70. The lowest BCUT2D eigenvalue weighted by atomic mass is 9.97. The molecule has 0 saturated carbocycles. The summed E-state index contributed by atoms with van der Waals surface area (Å²) in [7, 11) is 1.58. The van der Waals surface area contributed by atoms with Crippen molar-refractivity contribution in [3.63, 3.8) is 0 Å². The summed E-state index contributed by atoms with van der Waals surface area (Å²) in [5.41, 5.74) is 6.32. The van der Waals surface area contributed by atoms with Gasteiger partial charge in [0.25, 0.3) is 0 Å². The number of halogens is 2. The van der Waals surface area contributed by atoms with Crippen molar-refractivity contribution in [2.75, 3.05) is 20.2 Å². The van der Waals surface area contributed by atoms with Gasteiger partial charge in [0.15, 0.2) is 0 Å². The molecule has 1 aliphatic rings. The van der Waals surface area contributed by atoms with Crippen molar-refractivity contribution in [2.24, 2.45) is 11.7 Å². The van der Waals surface area contributed by atoms with Gasteiger partial charge in [0.2, 0.25) is 5.91 Å². The fourth-order valence-corrected chi connectivity index (χ4v) is 3.24. The first-order valence-electron chi connectivity index (χ1n) is 6.55. The van der Waals surface area contributed by atoms with Crippen LogP contribution in [0.15, 0.2) is 12.1 Å². The van der Waals surface area contributed by atoms with Gasteiger partial charge in [-0.3, -0.25) is 9.69 Å². The molecule has 0 radical (unpaired) electrons. The van der Waals surface area contributed by atoms with Gasteiger partial charge in [-0.2, -0.15) is 0 Å². The quantitative estimate of drug-likeness (QED) is 0.929. The molecule has 2 rings (SSSR count). The van der Waals surface area contributed by atoms with E-state index in [1.165, 1.54) is 0 Å². The third-order valence-electron chi connectivity index (χ3n) is 3.59. The molecule has 4 nitrogen and oxygen atoms in total. The first kappa shape index (κ1) is 15.4. The second kappa shape index (κ2) is 6.66. The van der Waals surface area contributed by atoms with E-state index < -0.39 is 0 Å². The molecular weight excluding hydrogens is 299 g/mol. The largest absolute Gasteiger partial charge is 0.495 e. The lowest BCUT2D eigenvalue weighted by Crippen LogP contribution is -2.40. The smallest absolute Gasteiger partial charge is 0.221 e. The lowest BCUT2D eigenvalue weighted by Gasteiger charge is -2.31. The molecule has 20 heavy (non-hydrogen) atoms. The van der Waals surface area contributed by atoms with Gasteiger partial charge in [-0.05, 0) is 31.5 Å². The average Bonchev–Trinajstić information content (AvgIpc) is 2.38. The highest BCUT2D eigenvalue weighted by molar-refractivity contribution is 6.35. The van der Waals surface area contributed by atoms with E-state index in [0.29, 0.717) is 28.9 Å². The van der Waals surface area contributed by atoms with Gasteiger partial charge in [0.05, 0.1) is 18.1 Å². The molecule has 0 unspecified atom stereocenters. The maximum Gasteiger partial charge on any atom is 0.221 e. The number of ether oxygens (including phenoxy) is 1. The topological polar surface area (TPSA) is 55.6 Å². The SMILES string of the molecule is COc1c(Cl)cc(Cl)cc1CN1CCC[C@H](C(N)=O)C1. The van der Waals surface area contributed by atoms with Crippen LogP contribution in [0.25, 0.3) is 0 Å². The number of carbonyl (C=O) groups is 1. The number of nitrogens with two attached hydrogens (primary N) is 1. The van der Waals surface area contributed by atoms with E-state index in [1.807, 2.05) is 6.07 Å². The summed E-state index contributed by atoms with van der Waals surface area (Å²) >= 11 is 12.2. The number of rotatable bonds is 4. The van der Waals surface area contributed by atoms with Crippen molar-refractivity contribution < 1.29 is 9.53 Å².